The summed E-state index contributed by atoms with van der Waals surface area (Å²) in [4.78, 5) is 0. The molecular formula is H3LiMnMoNiO4. The summed E-state index contributed by atoms with van der Waals surface area (Å²) < 4.78 is 31.8. The standard InChI is InChI=1S/Li.Mn.Mo.Ni.2H2O.2O.H/h;;;;2*1H2;;;/q;+2;;;;;;;/p-2. The molecule has 0 fully saturated rings. The average molecular weight is 284 g/mol. The van der Waals surface area contributed by atoms with Gasteiger partial charge in [0, 0.05) is 37.6 Å². The third-order valence-electron chi connectivity index (χ3n) is 0. The summed E-state index contributed by atoms with van der Waals surface area (Å²) in [5.74, 6) is 0. The molecule has 8 heavy (non-hydrogen) atoms. The number of hydrogen-bond acceptors (Lipinski definition) is 2. The van der Waals surface area contributed by atoms with Crippen molar-refractivity contribution in [3.05, 3.63) is 0 Å². The van der Waals surface area contributed by atoms with E-state index in [1.807, 2.05) is 0 Å². The average Bonchev–Trinajstić information content (AvgIpc) is 0.722. The molecule has 0 aliphatic carbocycles. The molecule has 4 nitrogen and oxygen atoms in total. The first-order chi connectivity index (χ1) is 2.00. The van der Waals surface area contributed by atoms with Crippen molar-refractivity contribution in [2.24, 2.45) is 0 Å². The zero-order valence-corrected chi connectivity index (χ0v) is 6.99. The van der Waals surface area contributed by atoms with Crippen LogP contribution in [0.25, 0.3) is 0 Å². The first-order valence-electron chi connectivity index (χ1n) is 0.647. The summed E-state index contributed by atoms with van der Waals surface area (Å²) in [6.07, 6.45) is 0. The zero-order valence-electron chi connectivity index (χ0n) is 2.81. The van der Waals surface area contributed by atoms with Gasteiger partial charge in [0.15, 0.2) is 0 Å². The molecule has 0 amide bonds. The molecule has 0 aliphatic heterocycles. The monoisotopic (exact) mass is 285 g/mol. The molecule has 0 atom stereocenters. The Kier molecular flexibility index (Phi) is 24.9. The van der Waals surface area contributed by atoms with E-state index in [1.54, 1.807) is 0 Å². The van der Waals surface area contributed by atoms with Crippen molar-refractivity contribution in [3.63, 3.8) is 0 Å². The van der Waals surface area contributed by atoms with Crippen LogP contribution in [0.5, 0.6) is 0 Å². The van der Waals surface area contributed by atoms with Gasteiger partial charge in [-0.15, -0.1) is 0 Å². The normalized spacial score (nSPS) is 7.25. The van der Waals surface area contributed by atoms with Gasteiger partial charge < -0.3 is 0 Å². The van der Waals surface area contributed by atoms with Crippen molar-refractivity contribution in [1.29, 1.82) is 0 Å². The second kappa shape index (κ2) is 8.82. The summed E-state index contributed by atoms with van der Waals surface area (Å²) in [6, 6.07) is 0. The van der Waals surface area contributed by atoms with E-state index < -0.39 is 13.4 Å². The molecular weight excluding hydrogens is 281 g/mol. The summed E-state index contributed by atoms with van der Waals surface area (Å²) >= 11 is -5.12. The van der Waals surface area contributed by atoms with Gasteiger partial charge in [0.1, 0.15) is 0 Å². The Bertz CT molecular complexity index is 99.2. The van der Waals surface area contributed by atoms with E-state index in [4.69, 9.17) is 16.0 Å². The van der Waals surface area contributed by atoms with Crippen LogP contribution >= 0.6 is 0 Å². The van der Waals surface area contributed by atoms with Crippen LogP contribution in [-0.4, -0.2) is 27.2 Å². The van der Waals surface area contributed by atoms with Crippen LogP contribution < -0.4 is 0 Å². The molecule has 0 aromatic rings. The van der Waals surface area contributed by atoms with Crippen molar-refractivity contribution < 1.29 is 67.0 Å². The zero-order chi connectivity index (χ0) is 4.50. The Morgan fingerprint density at radius 3 is 1.12 bits per heavy atom. The van der Waals surface area contributed by atoms with Gasteiger partial charge in [-0.2, -0.15) is 0 Å². The molecule has 0 saturated carbocycles. The van der Waals surface area contributed by atoms with Crippen LogP contribution in [0.2, 0.25) is 0 Å². The third-order valence-corrected chi connectivity index (χ3v) is 0. The van der Waals surface area contributed by atoms with Crippen LogP contribution in [0, 0.1) is 0 Å². The first kappa shape index (κ1) is 22.6. The minimum atomic E-state index is -5.12. The third kappa shape index (κ3) is 110. The van der Waals surface area contributed by atoms with Gasteiger partial charge in [-0.25, -0.2) is 0 Å². The van der Waals surface area contributed by atoms with Gasteiger partial charge in [0.05, 0.1) is 0 Å². The van der Waals surface area contributed by atoms with Gasteiger partial charge in [-0.05, 0) is 0 Å². The molecule has 0 rings (SSSR count). The predicted molar refractivity (Wildman–Crippen MR) is 13.0 cm³/mol. The van der Waals surface area contributed by atoms with Crippen LogP contribution in [-0.2, 0) is 58.6 Å². The quantitative estimate of drug-likeness (QED) is 0.504. The molecule has 0 aliphatic rings. The van der Waals surface area contributed by atoms with E-state index in [-0.39, 0.29) is 56.4 Å². The fraction of sp³-hybridized carbons (Fsp3) is 0. The van der Waals surface area contributed by atoms with E-state index in [0.29, 0.717) is 0 Å². The summed E-state index contributed by atoms with van der Waals surface area (Å²) in [7, 11) is 0. The van der Waals surface area contributed by atoms with Gasteiger partial charge in [-0.1, -0.05) is 0 Å². The van der Waals surface area contributed by atoms with Gasteiger partial charge >= 0.3 is 48.3 Å². The topological polar surface area (TPSA) is 74.6 Å². The maximum atomic E-state index is 8.80. The summed E-state index contributed by atoms with van der Waals surface area (Å²) in [5.41, 5.74) is 0. The Balaban J connectivity index is -0.0000000267. The van der Waals surface area contributed by atoms with E-state index in [2.05, 4.69) is 0 Å². The van der Waals surface area contributed by atoms with Gasteiger partial charge in [-0.3, -0.25) is 0 Å². The molecule has 51 valence electrons. The van der Waals surface area contributed by atoms with Crippen molar-refractivity contribution in [3.8, 4) is 0 Å². The minimum absolute atomic E-state index is 0. The SMILES string of the molecule is [LiH].[Mo].[Ni].[O]=[Mn](=[O])([OH])[OH]. The van der Waals surface area contributed by atoms with E-state index >= 15 is 0 Å². The molecule has 0 saturated heterocycles. The molecule has 0 aromatic carbocycles. The summed E-state index contributed by atoms with van der Waals surface area (Å²) in [5, 5.41) is 0. The molecule has 2 N–H and O–H groups in total. The maximum absolute atomic E-state index is 8.80. The van der Waals surface area contributed by atoms with Crippen LogP contribution in [0.15, 0.2) is 0 Å². The Morgan fingerprint density at radius 2 is 1.12 bits per heavy atom. The molecule has 0 unspecified atom stereocenters. The first-order valence-corrected chi connectivity index (χ1v) is 2.67. The Morgan fingerprint density at radius 1 is 1.12 bits per heavy atom. The molecule has 0 aromatic heterocycles. The molecule has 0 spiro atoms. The van der Waals surface area contributed by atoms with E-state index in [9.17, 15) is 0 Å². The van der Waals surface area contributed by atoms with E-state index in [1.165, 1.54) is 0 Å². The second-order valence-electron chi connectivity index (χ2n) is 0.415. The van der Waals surface area contributed by atoms with Crippen LogP contribution in [0.4, 0.5) is 0 Å². The second-order valence-corrected chi connectivity index (χ2v) is 1.71. The Labute approximate surface area is 85.1 Å². The van der Waals surface area contributed by atoms with Crippen molar-refractivity contribution in [1.82, 2.24) is 0 Å². The van der Waals surface area contributed by atoms with Crippen molar-refractivity contribution >= 4 is 18.9 Å². The predicted octanol–water partition coefficient (Wildman–Crippen LogP) is -2.01. The fourth-order valence-electron chi connectivity index (χ4n) is 0. The molecule has 0 heterocycles. The van der Waals surface area contributed by atoms with E-state index in [0.717, 1.165) is 0 Å². The Hall–Kier alpha value is 1.82. The van der Waals surface area contributed by atoms with Crippen molar-refractivity contribution in [2.45, 2.75) is 0 Å². The van der Waals surface area contributed by atoms with Gasteiger partial charge in [0.25, 0.3) is 0 Å². The molecule has 0 bridgehead atoms. The van der Waals surface area contributed by atoms with Crippen molar-refractivity contribution in [2.75, 3.05) is 0 Å². The van der Waals surface area contributed by atoms with Gasteiger partial charge in [0.2, 0.25) is 0 Å². The number of hydrogen-bond donors (Lipinski definition) is 2. The van der Waals surface area contributed by atoms with Crippen LogP contribution in [0.1, 0.15) is 0 Å². The molecule has 0 radical (unpaired) electrons. The van der Waals surface area contributed by atoms with Crippen LogP contribution in [0.3, 0.4) is 0 Å². The fourth-order valence-corrected chi connectivity index (χ4v) is 0. The molecule has 8 heteroatoms. The number of rotatable bonds is 0. The summed E-state index contributed by atoms with van der Waals surface area (Å²) in [6.45, 7) is 0.